The number of hydrogen-bond acceptors (Lipinski definition) is 6. The number of carboxylic acid groups (broad SMARTS) is 1. The number of aliphatic carboxylic acids is 1. The van der Waals surface area contributed by atoms with E-state index < -0.39 is 54.5 Å². The molecule has 0 radical (unpaired) electrons. The number of carboxylic acids is 1. The van der Waals surface area contributed by atoms with Crippen molar-refractivity contribution in [2.75, 3.05) is 13.2 Å². The molecule has 11 heteroatoms. The topological polar surface area (TPSA) is 178 Å². The molecule has 1 aliphatic heterocycles. The van der Waals surface area contributed by atoms with Crippen molar-refractivity contribution in [1.29, 1.82) is 0 Å². The number of aliphatic hydroxyl groups is 1. The molecule has 0 aliphatic carbocycles. The number of benzene rings is 1. The molecule has 4 atom stereocenters. The van der Waals surface area contributed by atoms with Crippen LogP contribution in [0.5, 0.6) is 0 Å². The second kappa shape index (κ2) is 11.3. The van der Waals surface area contributed by atoms with Crippen molar-refractivity contribution >= 4 is 34.6 Å². The summed E-state index contributed by atoms with van der Waals surface area (Å²) in [5, 5.41) is 25.3. The molecule has 1 aromatic heterocycles. The van der Waals surface area contributed by atoms with Gasteiger partial charge >= 0.3 is 5.97 Å². The van der Waals surface area contributed by atoms with E-state index in [1.165, 1.54) is 0 Å². The zero-order valence-electron chi connectivity index (χ0n) is 19.9. The predicted molar refractivity (Wildman–Crippen MR) is 128 cm³/mol. The molecule has 0 bridgehead atoms. The molecule has 0 spiro atoms. The Morgan fingerprint density at radius 3 is 2.49 bits per heavy atom. The number of nitrogens with two attached hydrogens (primary N) is 1. The summed E-state index contributed by atoms with van der Waals surface area (Å²) in [7, 11) is 0. The molecule has 0 saturated carbocycles. The Labute approximate surface area is 203 Å². The first-order valence-corrected chi connectivity index (χ1v) is 11.7. The fourth-order valence-electron chi connectivity index (χ4n) is 4.25. The maximum Gasteiger partial charge on any atom is 0.326 e. The van der Waals surface area contributed by atoms with E-state index >= 15 is 0 Å². The van der Waals surface area contributed by atoms with Crippen LogP contribution in [-0.4, -0.2) is 81.1 Å². The van der Waals surface area contributed by atoms with E-state index in [4.69, 9.17) is 5.73 Å². The minimum atomic E-state index is -1.34. The van der Waals surface area contributed by atoms with Gasteiger partial charge in [-0.15, -0.1) is 0 Å². The van der Waals surface area contributed by atoms with Gasteiger partial charge in [-0.25, -0.2) is 4.79 Å². The number of aromatic nitrogens is 1. The van der Waals surface area contributed by atoms with E-state index in [-0.39, 0.29) is 18.9 Å². The zero-order valence-corrected chi connectivity index (χ0v) is 19.9. The van der Waals surface area contributed by atoms with Gasteiger partial charge < -0.3 is 36.5 Å². The van der Waals surface area contributed by atoms with Gasteiger partial charge in [0.05, 0.1) is 12.6 Å². The molecule has 4 unspecified atom stereocenters. The molecule has 35 heavy (non-hydrogen) atoms. The normalized spacial score (nSPS) is 18.3. The third-order valence-corrected chi connectivity index (χ3v) is 6.37. The molecule has 3 rings (SSSR count). The summed E-state index contributed by atoms with van der Waals surface area (Å²) < 4.78 is 0. The molecular weight excluding hydrogens is 454 g/mol. The highest BCUT2D eigenvalue weighted by Gasteiger charge is 2.38. The van der Waals surface area contributed by atoms with Crippen LogP contribution in [-0.2, 0) is 25.6 Å². The molecular formula is C24H33N5O6. The third-order valence-electron chi connectivity index (χ3n) is 6.37. The number of aliphatic hydroxyl groups excluding tert-OH is 1. The molecule has 190 valence electrons. The van der Waals surface area contributed by atoms with Gasteiger partial charge in [0, 0.05) is 30.1 Å². The standard InChI is InChI=1S/C24H33N5O6/c1-13(2)20(25)22(32)27-17(10-14-11-26-16-7-4-3-6-15(14)16)21(31)28-18(12-30)23(33)29-9-5-8-19(29)24(34)35/h3-4,6-7,11,13,17-20,26,30H,5,8-10,12,25H2,1-2H3,(H,27,32)(H,28,31)(H,34,35). The first-order valence-electron chi connectivity index (χ1n) is 11.7. The van der Waals surface area contributed by atoms with Crippen LogP contribution in [0.4, 0.5) is 0 Å². The highest BCUT2D eigenvalue weighted by atomic mass is 16.4. The van der Waals surface area contributed by atoms with Crippen LogP contribution in [0.3, 0.4) is 0 Å². The van der Waals surface area contributed by atoms with Gasteiger partial charge in [-0.2, -0.15) is 0 Å². The van der Waals surface area contributed by atoms with Crippen molar-refractivity contribution in [3.63, 3.8) is 0 Å². The van der Waals surface area contributed by atoms with Gasteiger partial charge in [0.25, 0.3) is 0 Å². The number of rotatable bonds is 10. The number of carbonyl (C=O) groups is 4. The average molecular weight is 488 g/mol. The lowest BCUT2D eigenvalue weighted by molar-refractivity contribution is -0.150. The van der Waals surface area contributed by atoms with Crippen LogP contribution in [0.1, 0.15) is 32.3 Å². The first-order chi connectivity index (χ1) is 16.6. The van der Waals surface area contributed by atoms with Crippen molar-refractivity contribution < 1.29 is 29.4 Å². The van der Waals surface area contributed by atoms with Gasteiger partial charge in [0.1, 0.15) is 18.1 Å². The van der Waals surface area contributed by atoms with Crippen LogP contribution >= 0.6 is 0 Å². The third kappa shape index (κ3) is 5.98. The molecule has 1 fully saturated rings. The number of para-hydroxylation sites is 1. The summed E-state index contributed by atoms with van der Waals surface area (Å²) >= 11 is 0. The minimum absolute atomic E-state index is 0.111. The highest BCUT2D eigenvalue weighted by Crippen LogP contribution is 2.20. The van der Waals surface area contributed by atoms with E-state index in [0.29, 0.717) is 12.8 Å². The van der Waals surface area contributed by atoms with E-state index in [0.717, 1.165) is 21.4 Å². The number of aromatic amines is 1. The van der Waals surface area contributed by atoms with Crippen molar-refractivity contribution in [3.8, 4) is 0 Å². The number of fused-ring (bicyclic) bond motifs is 1. The Hall–Kier alpha value is -3.44. The fourth-order valence-corrected chi connectivity index (χ4v) is 4.25. The van der Waals surface area contributed by atoms with E-state index in [1.807, 2.05) is 24.3 Å². The van der Waals surface area contributed by atoms with Crippen LogP contribution in [0.2, 0.25) is 0 Å². The number of H-pyrrole nitrogens is 1. The predicted octanol–water partition coefficient (Wildman–Crippen LogP) is -0.269. The molecule has 1 aromatic carbocycles. The molecule has 1 aliphatic rings. The Balaban J connectivity index is 1.81. The number of hydrogen-bond donors (Lipinski definition) is 6. The summed E-state index contributed by atoms with van der Waals surface area (Å²) in [4.78, 5) is 54.7. The van der Waals surface area contributed by atoms with Crippen LogP contribution in [0.15, 0.2) is 30.5 Å². The summed E-state index contributed by atoms with van der Waals surface area (Å²) in [6.45, 7) is 3.08. The Bertz CT molecular complexity index is 1080. The second-order valence-corrected chi connectivity index (χ2v) is 9.17. The van der Waals surface area contributed by atoms with Crippen molar-refractivity contribution in [2.45, 2.75) is 57.3 Å². The number of carbonyl (C=O) groups excluding carboxylic acids is 3. The monoisotopic (exact) mass is 487 g/mol. The van der Waals surface area contributed by atoms with Crippen molar-refractivity contribution in [1.82, 2.24) is 20.5 Å². The minimum Gasteiger partial charge on any atom is -0.480 e. The van der Waals surface area contributed by atoms with Gasteiger partial charge in [0.15, 0.2) is 0 Å². The lowest BCUT2D eigenvalue weighted by atomic mass is 10.0. The van der Waals surface area contributed by atoms with E-state index in [2.05, 4.69) is 15.6 Å². The summed E-state index contributed by atoms with van der Waals surface area (Å²) in [6.07, 6.45) is 2.68. The Morgan fingerprint density at radius 1 is 1.14 bits per heavy atom. The fraction of sp³-hybridized carbons (Fsp3) is 0.500. The Kier molecular flexibility index (Phi) is 8.47. The van der Waals surface area contributed by atoms with Crippen LogP contribution in [0.25, 0.3) is 10.9 Å². The first kappa shape index (κ1) is 26.2. The maximum absolute atomic E-state index is 13.3. The maximum atomic E-state index is 13.3. The number of nitrogens with one attached hydrogen (secondary N) is 3. The summed E-state index contributed by atoms with van der Waals surface area (Å²) in [5.74, 6) is -3.18. The second-order valence-electron chi connectivity index (χ2n) is 9.17. The van der Waals surface area contributed by atoms with Gasteiger partial charge in [-0.3, -0.25) is 14.4 Å². The number of amides is 3. The smallest absolute Gasteiger partial charge is 0.326 e. The van der Waals surface area contributed by atoms with Crippen molar-refractivity contribution in [2.24, 2.45) is 11.7 Å². The molecule has 3 amide bonds. The van der Waals surface area contributed by atoms with E-state index in [1.54, 1.807) is 20.0 Å². The van der Waals surface area contributed by atoms with Crippen LogP contribution < -0.4 is 16.4 Å². The van der Waals surface area contributed by atoms with Crippen LogP contribution in [0, 0.1) is 5.92 Å². The molecule has 2 heterocycles. The van der Waals surface area contributed by atoms with Gasteiger partial charge in [-0.05, 0) is 30.4 Å². The lowest BCUT2D eigenvalue weighted by Crippen LogP contribution is -2.59. The summed E-state index contributed by atoms with van der Waals surface area (Å²) in [6, 6.07) is 3.23. The van der Waals surface area contributed by atoms with Gasteiger partial charge in [-0.1, -0.05) is 32.0 Å². The summed E-state index contributed by atoms with van der Waals surface area (Å²) in [5.41, 5.74) is 7.61. The SMILES string of the molecule is CC(C)C(N)C(=O)NC(Cc1c[nH]c2ccccc12)C(=O)NC(CO)C(=O)N1CCCC1C(=O)O. The number of nitrogens with zero attached hydrogens (tertiary/aromatic N) is 1. The van der Waals surface area contributed by atoms with Gasteiger partial charge in [0.2, 0.25) is 17.7 Å². The van der Waals surface area contributed by atoms with E-state index in [9.17, 15) is 29.4 Å². The molecule has 7 N–H and O–H groups in total. The lowest BCUT2D eigenvalue weighted by Gasteiger charge is -2.28. The largest absolute Gasteiger partial charge is 0.480 e. The highest BCUT2D eigenvalue weighted by molar-refractivity contribution is 5.95. The molecule has 2 aromatic rings. The zero-order chi connectivity index (χ0) is 25.7. The quantitative estimate of drug-likeness (QED) is 0.267. The average Bonchev–Trinajstić information content (AvgIpc) is 3.48. The molecule has 1 saturated heterocycles. The Morgan fingerprint density at radius 2 is 1.83 bits per heavy atom. The number of likely N-dealkylation sites (tertiary alicyclic amines) is 1. The van der Waals surface area contributed by atoms with Crippen molar-refractivity contribution in [3.05, 3.63) is 36.0 Å². The molecule has 11 nitrogen and oxygen atoms in total.